The molecule has 2 aromatic rings. The summed E-state index contributed by atoms with van der Waals surface area (Å²) in [7, 11) is -1.32. The number of halogens is 1. The second-order valence-electron chi connectivity index (χ2n) is 3.95. The number of carboxylic acids is 1. The van der Waals surface area contributed by atoms with Crippen molar-refractivity contribution in [2.45, 2.75) is 10.6 Å². The molecule has 0 fully saturated rings. The van der Waals surface area contributed by atoms with E-state index in [0.717, 1.165) is 0 Å². The largest absolute Gasteiger partial charge is 0.478 e. The first-order chi connectivity index (χ1) is 9.06. The van der Waals surface area contributed by atoms with Gasteiger partial charge >= 0.3 is 5.97 Å². The predicted octanol–water partition coefficient (Wildman–Crippen LogP) is 2.83. The number of hydrogen-bond acceptors (Lipinski definition) is 2. The van der Waals surface area contributed by atoms with Crippen molar-refractivity contribution in [1.82, 2.24) is 0 Å². The first-order valence-electron chi connectivity index (χ1n) is 5.52. The van der Waals surface area contributed by atoms with E-state index in [4.69, 9.17) is 5.11 Å². The van der Waals surface area contributed by atoms with Crippen LogP contribution in [-0.4, -0.2) is 15.3 Å². The highest BCUT2D eigenvalue weighted by atomic mass is 32.2. The molecule has 0 amide bonds. The zero-order valence-electron chi connectivity index (χ0n) is 9.88. The van der Waals surface area contributed by atoms with Gasteiger partial charge in [0.1, 0.15) is 5.82 Å². The molecule has 19 heavy (non-hydrogen) atoms. The van der Waals surface area contributed by atoms with Crippen molar-refractivity contribution in [1.29, 1.82) is 0 Å². The lowest BCUT2D eigenvalue weighted by Crippen LogP contribution is -1.99. The van der Waals surface area contributed by atoms with Gasteiger partial charge in [-0.05, 0) is 42.0 Å². The van der Waals surface area contributed by atoms with Crippen LogP contribution in [0, 0.1) is 5.82 Å². The van der Waals surface area contributed by atoms with Gasteiger partial charge in [-0.1, -0.05) is 12.1 Å². The molecule has 0 radical (unpaired) electrons. The smallest absolute Gasteiger partial charge is 0.335 e. The van der Waals surface area contributed by atoms with Gasteiger partial charge in [0.2, 0.25) is 0 Å². The van der Waals surface area contributed by atoms with E-state index in [1.54, 1.807) is 12.1 Å². The summed E-state index contributed by atoms with van der Waals surface area (Å²) < 4.78 is 25.0. The van der Waals surface area contributed by atoms with Crippen LogP contribution < -0.4 is 0 Å². The third-order valence-corrected chi connectivity index (χ3v) is 3.94. The van der Waals surface area contributed by atoms with Gasteiger partial charge in [0.15, 0.2) is 0 Å². The summed E-state index contributed by atoms with van der Waals surface area (Å²) in [6.07, 6.45) is 0. The van der Waals surface area contributed by atoms with Crippen LogP contribution in [0.4, 0.5) is 4.39 Å². The van der Waals surface area contributed by atoms with Gasteiger partial charge in [-0.25, -0.2) is 9.18 Å². The molecule has 0 aromatic heterocycles. The fourth-order valence-corrected chi connectivity index (χ4v) is 2.70. The number of aromatic carboxylic acids is 1. The van der Waals surface area contributed by atoms with Crippen LogP contribution in [0.2, 0.25) is 0 Å². The summed E-state index contributed by atoms with van der Waals surface area (Å²) in [5.41, 5.74) is 0.784. The van der Waals surface area contributed by atoms with Gasteiger partial charge < -0.3 is 5.11 Å². The average molecular weight is 278 g/mol. The molecular formula is C14H11FO3S. The van der Waals surface area contributed by atoms with Gasteiger partial charge in [0.25, 0.3) is 0 Å². The highest BCUT2D eigenvalue weighted by molar-refractivity contribution is 7.84. The second kappa shape index (κ2) is 5.75. The predicted molar refractivity (Wildman–Crippen MR) is 69.9 cm³/mol. The molecule has 0 saturated carbocycles. The van der Waals surface area contributed by atoms with Gasteiger partial charge in [0.05, 0.1) is 22.1 Å². The second-order valence-corrected chi connectivity index (χ2v) is 5.40. The fraction of sp³-hybridized carbons (Fsp3) is 0.0714. The Kier molecular flexibility index (Phi) is 4.06. The minimum atomic E-state index is -1.32. The Labute approximate surface area is 112 Å². The van der Waals surface area contributed by atoms with E-state index >= 15 is 0 Å². The molecule has 1 unspecified atom stereocenters. The van der Waals surface area contributed by atoms with Crippen molar-refractivity contribution in [3.63, 3.8) is 0 Å². The Morgan fingerprint density at radius 3 is 2.42 bits per heavy atom. The summed E-state index contributed by atoms with van der Waals surface area (Å²) >= 11 is 0. The Morgan fingerprint density at radius 1 is 1.16 bits per heavy atom. The van der Waals surface area contributed by atoms with E-state index in [-0.39, 0.29) is 17.1 Å². The number of benzene rings is 2. The Hall–Kier alpha value is -2.01. The Bertz CT molecular complexity index is 623. The number of carbonyl (C=O) groups is 1. The SMILES string of the molecule is O=C(O)c1ccc(S(=O)Cc2cccc(F)c2)cc1. The lowest BCUT2D eigenvalue weighted by molar-refractivity contribution is 0.0697. The summed E-state index contributed by atoms with van der Waals surface area (Å²) in [4.78, 5) is 11.2. The summed E-state index contributed by atoms with van der Waals surface area (Å²) in [6.45, 7) is 0. The van der Waals surface area contributed by atoms with Crippen molar-refractivity contribution in [3.8, 4) is 0 Å². The molecule has 5 heteroatoms. The van der Waals surface area contributed by atoms with Crippen LogP contribution in [-0.2, 0) is 16.6 Å². The van der Waals surface area contributed by atoms with E-state index in [2.05, 4.69) is 0 Å². The van der Waals surface area contributed by atoms with E-state index in [9.17, 15) is 13.4 Å². The molecule has 3 nitrogen and oxygen atoms in total. The topological polar surface area (TPSA) is 54.4 Å². The molecular weight excluding hydrogens is 267 g/mol. The van der Waals surface area contributed by atoms with Crippen LogP contribution in [0.15, 0.2) is 53.4 Å². The summed E-state index contributed by atoms with van der Waals surface area (Å²) in [5.74, 6) is -1.19. The maximum Gasteiger partial charge on any atom is 0.335 e. The van der Waals surface area contributed by atoms with Crippen LogP contribution in [0.25, 0.3) is 0 Å². The van der Waals surface area contributed by atoms with Gasteiger partial charge in [-0.3, -0.25) is 4.21 Å². The van der Waals surface area contributed by atoms with E-state index in [1.165, 1.54) is 36.4 Å². The maximum atomic E-state index is 13.0. The Morgan fingerprint density at radius 2 is 1.84 bits per heavy atom. The molecule has 0 aliphatic heterocycles. The lowest BCUT2D eigenvalue weighted by Gasteiger charge is -2.03. The normalized spacial score (nSPS) is 12.1. The summed E-state index contributed by atoms with van der Waals surface area (Å²) in [6, 6.07) is 11.8. The Balaban J connectivity index is 2.14. The first kappa shape index (κ1) is 13.4. The number of carboxylic acid groups (broad SMARTS) is 1. The van der Waals surface area contributed by atoms with E-state index in [0.29, 0.717) is 10.5 Å². The van der Waals surface area contributed by atoms with Crippen molar-refractivity contribution < 1.29 is 18.5 Å². The molecule has 1 atom stereocenters. The zero-order chi connectivity index (χ0) is 13.8. The third-order valence-electron chi connectivity index (χ3n) is 2.55. The standard InChI is InChI=1S/C14H11FO3S/c15-12-3-1-2-10(8-12)9-19(18)13-6-4-11(5-7-13)14(16)17/h1-8H,9H2,(H,16,17). The van der Waals surface area contributed by atoms with Crippen molar-refractivity contribution in [3.05, 3.63) is 65.5 Å². The molecule has 1 N–H and O–H groups in total. The van der Waals surface area contributed by atoms with Crippen molar-refractivity contribution >= 4 is 16.8 Å². The quantitative estimate of drug-likeness (QED) is 0.935. The van der Waals surface area contributed by atoms with Crippen molar-refractivity contribution in [2.24, 2.45) is 0 Å². The van der Waals surface area contributed by atoms with Crippen LogP contribution in [0.1, 0.15) is 15.9 Å². The fourth-order valence-electron chi connectivity index (χ4n) is 1.61. The summed E-state index contributed by atoms with van der Waals surface area (Å²) in [5, 5.41) is 8.76. The minimum Gasteiger partial charge on any atom is -0.478 e. The van der Waals surface area contributed by atoms with E-state index in [1.807, 2.05) is 0 Å². The van der Waals surface area contributed by atoms with E-state index < -0.39 is 16.8 Å². The van der Waals surface area contributed by atoms with Crippen LogP contribution in [0.3, 0.4) is 0 Å². The molecule has 98 valence electrons. The zero-order valence-corrected chi connectivity index (χ0v) is 10.7. The minimum absolute atomic E-state index is 0.145. The molecule has 0 aliphatic carbocycles. The molecule has 0 saturated heterocycles. The third kappa shape index (κ3) is 3.48. The lowest BCUT2D eigenvalue weighted by atomic mass is 10.2. The average Bonchev–Trinajstić information content (AvgIpc) is 2.39. The highest BCUT2D eigenvalue weighted by Gasteiger charge is 2.08. The molecule has 2 aromatic carbocycles. The van der Waals surface area contributed by atoms with Crippen LogP contribution in [0.5, 0.6) is 0 Å². The molecule has 0 aliphatic rings. The molecule has 0 spiro atoms. The van der Waals surface area contributed by atoms with Crippen molar-refractivity contribution in [2.75, 3.05) is 0 Å². The number of hydrogen-bond donors (Lipinski definition) is 1. The number of rotatable bonds is 4. The van der Waals surface area contributed by atoms with Gasteiger partial charge in [0, 0.05) is 4.90 Å². The van der Waals surface area contributed by atoms with Crippen LogP contribution >= 0.6 is 0 Å². The molecule has 0 heterocycles. The maximum absolute atomic E-state index is 13.0. The van der Waals surface area contributed by atoms with Gasteiger partial charge in [-0.15, -0.1) is 0 Å². The first-order valence-corrected chi connectivity index (χ1v) is 6.84. The molecule has 2 rings (SSSR count). The monoisotopic (exact) mass is 278 g/mol. The highest BCUT2D eigenvalue weighted by Crippen LogP contribution is 2.14. The van der Waals surface area contributed by atoms with Gasteiger partial charge in [-0.2, -0.15) is 0 Å². The molecule has 0 bridgehead atoms.